The molecule has 1 amide bonds. The van der Waals surface area contributed by atoms with Crippen LogP contribution in [0.3, 0.4) is 0 Å². The monoisotopic (exact) mass is 328 g/mol. The molecule has 2 rings (SSSR count). The van der Waals surface area contributed by atoms with Crippen LogP contribution < -0.4 is 5.32 Å². The molecule has 3 nitrogen and oxygen atoms in total. The highest BCUT2D eigenvalue weighted by molar-refractivity contribution is 5.77. The van der Waals surface area contributed by atoms with Gasteiger partial charge >= 0.3 is 6.18 Å². The van der Waals surface area contributed by atoms with E-state index < -0.39 is 17.7 Å². The maximum absolute atomic E-state index is 13.1. The number of nitrogens with zero attached hydrogens (tertiary/aromatic N) is 1. The molecule has 0 bridgehead atoms. The summed E-state index contributed by atoms with van der Waals surface area (Å²) >= 11 is 0. The van der Waals surface area contributed by atoms with Gasteiger partial charge in [0.2, 0.25) is 5.91 Å². The van der Waals surface area contributed by atoms with Gasteiger partial charge in [-0.2, -0.15) is 13.2 Å². The number of alkyl halides is 3. The number of rotatable bonds is 4. The summed E-state index contributed by atoms with van der Waals surface area (Å²) in [5.41, 5.74) is -0.474. The largest absolute Gasteiger partial charge is 0.416 e. The van der Waals surface area contributed by atoms with Crippen LogP contribution in [0.25, 0.3) is 0 Å². The van der Waals surface area contributed by atoms with Crippen LogP contribution in [0.2, 0.25) is 0 Å². The molecular weight excluding hydrogens is 305 g/mol. The van der Waals surface area contributed by atoms with Gasteiger partial charge in [-0.1, -0.05) is 25.1 Å². The van der Waals surface area contributed by atoms with Crippen LogP contribution in [-0.2, 0) is 11.0 Å². The topological polar surface area (TPSA) is 32.3 Å². The Hall–Kier alpha value is -1.56. The second-order valence-corrected chi connectivity index (χ2v) is 6.34. The molecule has 1 aliphatic heterocycles. The minimum absolute atomic E-state index is 0.0689. The maximum atomic E-state index is 13.1. The molecular formula is C17H23F3N2O. The van der Waals surface area contributed by atoms with Crippen LogP contribution in [-0.4, -0.2) is 37.0 Å². The molecule has 0 aromatic heterocycles. The van der Waals surface area contributed by atoms with E-state index in [1.54, 1.807) is 13.0 Å². The molecule has 1 aliphatic rings. The van der Waals surface area contributed by atoms with Gasteiger partial charge in [0.05, 0.1) is 5.56 Å². The molecule has 128 valence electrons. The normalized spacial score (nSPS) is 18.7. The molecule has 0 radical (unpaired) electrons. The van der Waals surface area contributed by atoms with Crippen molar-refractivity contribution in [2.75, 3.05) is 20.1 Å². The van der Waals surface area contributed by atoms with Crippen molar-refractivity contribution in [3.05, 3.63) is 35.4 Å². The van der Waals surface area contributed by atoms with Gasteiger partial charge in [0, 0.05) is 12.5 Å². The molecule has 0 saturated carbocycles. The fraction of sp³-hybridized carbons (Fsp3) is 0.588. The third-order valence-corrected chi connectivity index (χ3v) is 4.37. The second kappa shape index (κ2) is 7.34. The van der Waals surface area contributed by atoms with Crippen molar-refractivity contribution in [3.63, 3.8) is 0 Å². The highest BCUT2D eigenvalue weighted by atomic mass is 19.4. The van der Waals surface area contributed by atoms with Gasteiger partial charge in [-0.15, -0.1) is 0 Å². The van der Waals surface area contributed by atoms with Crippen molar-refractivity contribution in [2.45, 2.75) is 44.3 Å². The Morgan fingerprint density at radius 2 is 1.91 bits per heavy atom. The first-order valence-corrected chi connectivity index (χ1v) is 7.91. The summed E-state index contributed by atoms with van der Waals surface area (Å²) in [4.78, 5) is 14.3. The van der Waals surface area contributed by atoms with Crippen molar-refractivity contribution >= 4 is 5.91 Å². The maximum Gasteiger partial charge on any atom is 0.416 e. The number of amides is 1. The third-order valence-electron chi connectivity index (χ3n) is 4.37. The van der Waals surface area contributed by atoms with Gasteiger partial charge in [0.1, 0.15) is 0 Å². The molecule has 0 aliphatic carbocycles. The van der Waals surface area contributed by atoms with E-state index in [-0.39, 0.29) is 23.9 Å². The summed E-state index contributed by atoms with van der Waals surface area (Å²) < 4.78 is 39.2. The zero-order chi connectivity index (χ0) is 17.0. The number of likely N-dealkylation sites (tertiary alicyclic amines) is 1. The Kier molecular flexibility index (Phi) is 5.68. The fourth-order valence-electron chi connectivity index (χ4n) is 3.01. The molecule has 1 N–H and O–H groups in total. The quantitative estimate of drug-likeness (QED) is 0.919. The number of benzene rings is 1. The number of piperidine rings is 1. The van der Waals surface area contributed by atoms with E-state index in [0.29, 0.717) is 0 Å². The predicted molar refractivity (Wildman–Crippen MR) is 83.1 cm³/mol. The first-order chi connectivity index (χ1) is 10.8. The minimum Gasteiger partial charge on any atom is -0.353 e. The lowest BCUT2D eigenvalue weighted by molar-refractivity contribution is -0.138. The van der Waals surface area contributed by atoms with Gasteiger partial charge in [-0.25, -0.2) is 0 Å². The molecule has 23 heavy (non-hydrogen) atoms. The SMILES string of the molecule is C[C@@H](CC(=O)NC1CCN(C)CC1)c1ccccc1C(F)(F)F. The van der Waals surface area contributed by atoms with Gasteiger partial charge in [0.25, 0.3) is 0 Å². The molecule has 1 aromatic carbocycles. The lowest BCUT2D eigenvalue weighted by Gasteiger charge is -2.29. The molecule has 0 unspecified atom stereocenters. The van der Waals surface area contributed by atoms with Crippen LogP contribution in [0.4, 0.5) is 13.2 Å². The number of carbonyl (C=O) groups excluding carboxylic acids is 1. The van der Waals surface area contributed by atoms with Crippen molar-refractivity contribution in [2.24, 2.45) is 0 Å². The van der Waals surface area contributed by atoms with E-state index in [4.69, 9.17) is 0 Å². The summed E-state index contributed by atoms with van der Waals surface area (Å²) in [5, 5.41) is 2.95. The zero-order valence-electron chi connectivity index (χ0n) is 13.5. The van der Waals surface area contributed by atoms with Gasteiger partial charge in [-0.3, -0.25) is 4.79 Å². The number of hydrogen-bond acceptors (Lipinski definition) is 2. The summed E-state index contributed by atoms with van der Waals surface area (Å²) in [6, 6.07) is 5.61. The lowest BCUT2D eigenvalue weighted by atomic mass is 9.92. The Labute approximate surface area is 134 Å². The standard InChI is InChI=1S/C17H23F3N2O/c1-12(14-5-3-4-6-15(14)17(18,19)20)11-16(23)21-13-7-9-22(2)10-8-13/h3-6,12-13H,7-11H2,1-2H3,(H,21,23)/t12-/m0/s1. The number of nitrogens with one attached hydrogen (secondary N) is 1. The van der Waals surface area contributed by atoms with Crippen molar-refractivity contribution in [1.82, 2.24) is 10.2 Å². The smallest absolute Gasteiger partial charge is 0.353 e. The van der Waals surface area contributed by atoms with Crippen molar-refractivity contribution < 1.29 is 18.0 Å². The Morgan fingerprint density at radius 3 is 2.52 bits per heavy atom. The van der Waals surface area contributed by atoms with Gasteiger partial charge in [0.15, 0.2) is 0 Å². The van der Waals surface area contributed by atoms with Crippen LogP contribution >= 0.6 is 0 Å². The van der Waals surface area contributed by atoms with Gasteiger partial charge in [-0.05, 0) is 50.5 Å². The Bertz CT molecular complexity index is 537. The number of hydrogen-bond donors (Lipinski definition) is 1. The summed E-state index contributed by atoms with van der Waals surface area (Å²) in [5.74, 6) is -0.650. The lowest BCUT2D eigenvalue weighted by Crippen LogP contribution is -2.43. The minimum atomic E-state index is -4.39. The zero-order valence-corrected chi connectivity index (χ0v) is 13.5. The number of halogens is 3. The molecule has 1 fully saturated rings. The molecule has 1 heterocycles. The highest BCUT2D eigenvalue weighted by Gasteiger charge is 2.34. The summed E-state index contributed by atoms with van der Waals surface area (Å²) in [6.07, 6.45) is -2.56. The van der Waals surface area contributed by atoms with E-state index in [0.717, 1.165) is 32.0 Å². The van der Waals surface area contributed by atoms with E-state index in [1.807, 2.05) is 7.05 Å². The first-order valence-electron chi connectivity index (χ1n) is 7.91. The summed E-state index contributed by atoms with van der Waals surface area (Å²) in [7, 11) is 2.04. The molecule has 1 saturated heterocycles. The van der Waals surface area contributed by atoms with E-state index >= 15 is 0 Å². The van der Waals surface area contributed by atoms with Crippen LogP contribution in [0.5, 0.6) is 0 Å². The Balaban J connectivity index is 1.96. The summed E-state index contributed by atoms with van der Waals surface area (Å²) in [6.45, 7) is 3.52. The van der Waals surface area contributed by atoms with Crippen LogP contribution in [0.15, 0.2) is 24.3 Å². The third kappa shape index (κ3) is 4.96. The molecule has 6 heteroatoms. The van der Waals surface area contributed by atoms with Crippen LogP contribution in [0.1, 0.15) is 43.2 Å². The highest BCUT2D eigenvalue weighted by Crippen LogP contribution is 2.35. The average molecular weight is 328 g/mol. The molecule has 1 atom stereocenters. The van der Waals surface area contributed by atoms with Crippen LogP contribution in [0, 0.1) is 0 Å². The number of carbonyl (C=O) groups is 1. The van der Waals surface area contributed by atoms with E-state index in [9.17, 15) is 18.0 Å². The Morgan fingerprint density at radius 1 is 1.30 bits per heavy atom. The van der Waals surface area contributed by atoms with Crippen molar-refractivity contribution in [3.8, 4) is 0 Å². The predicted octanol–water partition coefficient (Wildman–Crippen LogP) is 3.41. The van der Waals surface area contributed by atoms with Gasteiger partial charge < -0.3 is 10.2 Å². The fourth-order valence-corrected chi connectivity index (χ4v) is 3.01. The first kappa shape index (κ1) is 17.8. The second-order valence-electron chi connectivity index (χ2n) is 6.34. The van der Waals surface area contributed by atoms with E-state index in [2.05, 4.69) is 10.2 Å². The molecule has 1 aromatic rings. The van der Waals surface area contributed by atoms with Crippen molar-refractivity contribution in [1.29, 1.82) is 0 Å². The molecule has 0 spiro atoms. The van der Waals surface area contributed by atoms with E-state index in [1.165, 1.54) is 12.1 Å². The average Bonchev–Trinajstić information content (AvgIpc) is 2.48.